The second kappa shape index (κ2) is 10.0. The van der Waals surface area contributed by atoms with Crippen molar-refractivity contribution in [3.8, 4) is 5.75 Å². The van der Waals surface area contributed by atoms with Gasteiger partial charge in [0.25, 0.3) is 0 Å². The molecule has 0 saturated heterocycles. The van der Waals surface area contributed by atoms with Crippen LogP contribution in [0.2, 0.25) is 0 Å². The molecule has 1 unspecified atom stereocenters. The second-order valence-electron chi connectivity index (χ2n) is 5.60. The first-order chi connectivity index (χ1) is 11.0. The van der Waals surface area contributed by atoms with Crippen LogP contribution in [0.25, 0.3) is 6.08 Å². The van der Waals surface area contributed by atoms with Crippen LogP contribution in [-0.2, 0) is 0 Å². The molecule has 23 heavy (non-hydrogen) atoms. The highest BCUT2D eigenvalue weighted by Crippen LogP contribution is 2.23. The lowest BCUT2D eigenvalue weighted by molar-refractivity contribution is 0.200. The average molecular weight is 316 g/mol. The Hall–Kier alpha value is -1.84. The summed E-state index contributed by atoms with van der Waals surface area (Å²) in [6.07, 6.45) is 6.17. The number of aromatic hydroxyl groups is 1. The van der Waals surface area contributed by atoms with Crippen molar-refractivity contribution in [1.82, 2.24) is 0 Å². The number of benzene rings is 1. The van der Waals surface area contributed by atoms with E-state index < -0.39 is 6.10 Å². The fraction of sp³-hybridized carbons (Fsp3) is 0.400. The van der Waals surface area contributed by atoms with Gasteiger partial charge in [-0.1, -0.05) is 50.3 Å². The second-order valence-corrected chi connectivity index (χ2v) is 5.60. The number of phenolic OH excluding ortho intramolecular Hbond substituents is 1. The molecule has 0 aliphatic carbocycles. The fourth-order valence-electron chi connectivity index (χ4n) is 2.45. The topological polar surface area (TPSA) is 60.7 Å². The Kier molecular flexibility index (Phi) is 8.38. The van der Waals surface area contributed by atoms with Crippen LogP contribution >= 0.6 is 0 Å². The van der Waals surface area contributed by atoms with E-state index in [4.69, 9.17) is 5.11 Å². The molecule has 0 aliphatic heterocycles. The van der Waals surface area contributed by atoms with Gasteiger partial charge >= 0.3 is 0 Å². The van der Waals surface area contributed by atoms with Crippen LogP contribution in [0, 0.1) is 0 Å². The first-order valence-electron chi connectivity index (χ1n) is 8.17. The van der Waals surface area contributed by atoms with Crippen molar-refractivity contribution in [2.45, 2.75) is 45.6 Å². The van der Waals surface area contributed by atoms with Gasteiger partial charge in [0.05, 0.1) is 12.7 Å². The minimum atomic E-state index is -0.607. The SMILES string of the molecule is C=C(CC)/C(=C/CO)C(O)CC/C(=C/c1ccc(O)cc1)CC. The molecule has 3 N–H and O–H groups in total. The highest BCUT2D eigenvalue weighted by molar-refractivity contribution is 5.53. The van der Waals surface area contributed by atoms with Gasteiger partial charge < -0.3 is 15.3 Å². The summed E-state index contributed by atoms with van der Waals surface area (Å²) in [4.78, 5) is 0. The minimum absolute atomic E-state index is 0.0879. The van der Waals surface area contributed by atoms with Crippen LogP contribution in [0.3, 0.4) is 0 Å². The maximum absolute atomic E-state index is 10.4. The molecule has 126 valence electrons. The van der Waals surface area contributed by atoms with Crippen LogP contribution in [0.5, 0.6) is 5.75 Å². The monoisotopic (exact) mass is 316 g/mol. The number of rotatable bonds is 9. The quantitative estimate of drug-likeness (QED) is 0.598. The molecular weight excluding hydrogens is 288 g/mol. The van der Waals surface area contributed by atoms with Crippen LogP contribution < -0.4 is 0 Å². The lowest BCUT2D eigenvalue weighted by Crippen LogP contribution is -2.13. The minimum Gasteiger partial charge on any atom is -0.508 e. The Balaban J connectivity index is 2.74. The predicted molar refractivity (Wildman–Crippen MR) is 96.2 cm³/mol. The largest absolute Gasteiger partial charge is 0.508 e. The van der Waals surface area contributed by atoms with Crippen LogP contribution in [-0.4, -0.2) is 28.0 Å². The number of hydrogen-bond donors (Lipinski definition) is 3. The highest BCUT2D eigenvalue weighted by atomic mass is 16.3. The van der Waals surface area contributed by atoms with E-state index in [0.717, 1.165) is 36.0 Å². The normalized spacial score (nSPS) is 13.9. The molecule has 0 aliphatic rings. The Labute approximate surface area is 139 Å². The Morgan fingerprint density at radius 2 is 1.83 bits per heavy atom. The number of aliphatic hydroxyl groups is 2. The molecular formula is C20H28O3. The number of hydrogen-bond acceptors (Lipinski definition) is 3. The molecule has 1 rings (SSSR count). The van der Waals surface area contributed by atoms with Crippen molar-refractivity contribution in [1.29, 1.82) is 0 Å². The van der Waals surface area contributed by atoms with E-state index in [9.17, 15) is 10.2 Å². The number of phenols is 1. The molecule has 0 aromatic heterocycles. The standard InChI is InChI=1S/C20H28O3/c1-4-15(3)19(12-13-21)20(23)11-8-16(5-2)14-17-6-9-18(22)10-7-17/h6-7,9-10,12,14,20-23H,3-5,8,11,13H2,1-2H3/b16-14+,19-12-. The first-order valence-corrected chi connectivity index (χ1v) is 8.17. The fourth-order valence-corrected chi connectivity index (χ4v) is 2.45. The molecule has 0 saturated carbocycles. The summed E-state index contributed by atoms with van der Waals surface area (Å²) >= 11 is 0. The van der Waals surface area contributed by atoms with Gasteiger partial charge in [0.1, 0.15) is 5.75 Å². The van der Waals surface area contributed by atoms with Gasteiger partial charge in [-0.25, -0.2) is 0 Å². The van der Waals surface area contributed by atoms with Crippen LogP contribution in [0.15, 0.2) is 53.6 Å². The molecule has 0 bridgehead atoms. The van der Waals surface area contributed by atoms with E-state index in [2.05, 4.69) is 19.6 Å². The van der Waals surface area contributed by atoms with Crippen LogP contribution in [0.1, 0.15) is 45.1 Å². The highest BCUT2D eigenvalue weighted by Gasteiger charge is 2.13. The third-order valence-electron chi connectivity index (χ3n) is 3.96. The van der Waals surface area contributed by atoms with Gasteiger partial charge in [-0.05, 0) is 54.5 Å². The maximum atomic E-state index is 10.4. The molecule has 0 fully saturated rings. The molecule has 1 aromatic carbocycles. The van der Waals surface area contributed by atoms with E-state index >= 15 is 0 Å². The van der Waals surface area contributed by atoms with Gasteiger partial charge in [-0.2, -0.15) is 0 Å². The van der Waals surface area contributed by atoms with Crippen molar-refractivity contribution in [3.05, 3.63) is 59.2 Å². The van der Waals surface area contributed by atoms with Gasteiger partial charge in [0, 0.05) is 0 Å². The molecule has 0 amide bonds. The molecule has 3 heteroatoms. The Bertz CT molecular complexity index is 553. The molecule has 0 spiro atoms. The predicted octanol–water partition coefficient (Wildman–Crippen LogP) is 4.21. The third-order valence-corrected chi connectivity index (χ3v) is 3.96. The van der Waals surface area contributed by atoms with Crippen molar-refractivity contribution in [3.63, 3.8) is 0 Å². The van der Waals surface area contributed by atoms with Gasteiger partial charge in [0.15, 0.2) is 0 Å². The lowest BCUT2D eigenvalue weighted by Gasteiger charge is -2.17. The third kappa shape index (κ3) is 6.43. The van der Waals surface area contributed by atoms with Crippen molar-refractivity contribution >= 4 is 6.08 Å². The molecule has 1 aromatic rings. The number of allylic oxidation sites excluding steroid dienone is 1. The maximum Gasteiger partial charge on any atom is 0.115 e. The van der Waals surface area contributed by atoms with Gasteiger partial charge in [-0.3, -0.25) is 0 Å². The summed E-state index contributed by atoms with van der Waals surface area (Å²) in [7, 11) is 0. The molecule has 1 atom stereocenters. The van der Waals surface area contributed by atoms with Gasteiger partial charge in [-0.15, -0.1) is 0 Å². The average Bonchev–Trinajstić information content (AvgIpc) is 2.57. The number of aliphatic hydroxyl groups excluding tert-OH is 2. The molecule has 3 nitrogen and oxygen atoms in total. The zero-order valence-electron chi connectivity index (χ0n) is 14.1. The van der Waals surface area contributed by atoms with Crippen molar-refractivity contribution in [2.24, 2.45) is 0 Å². The summed E-state index contributed by atoms with van der Waals surface area (Å²) in [5.74, 6) is 0.257. The summed E-state index contributed by atoms with van der Waals surface area (Å²) in [6.45, 7) is 7.95. The summed E-state index contributed by atoms with van der Waals surface area (Å²) in [5, 5.41) is 28.8. The zero-order valence-corrected chi connectivity index (χ0v) is 14.1. The summed E-state index contributed by atoms with van der Waals surface area (Å²) < 4.78 is 0. The Morgan fingerprint density at radius 3 is 2.35 bits per heavy atom. The van der Waals surface area contributed by atoms with E-state index in [1.807, 2.05) is 19.1 Å². The van der Waals surface area contributed by atoms with E-state index in [0.29, 0.717) is 6.42 Å². The van der Waals surface area contributed by atoms with Crippen molar-refractivity contribution < 1.29 is 15.3 Å². The summed E-state index contributed by atoms with van der Waals surface area (Å²) in [6, 6.07) is 7.08. The van der Waals surface area contributed by atoms with Gasteiger partial charge in [0.2, 0.25) is 0 Å². The van der Waals surface area contributed by atoms with E-state index in [-0.39, 0.29) is 12.4 Å². The van der Waals surface area contributed by atoms with E-state index in [1.54, 1.807) is 18.2 Å². The lowest BCUT2D eigenvalue weighted by atomic mass is 9.93. The zero-order chi connectivity index (χ0) is 17.2. The van der Waals surface area contributed by atoms with E-state index in [1.165, 1.54) is 5.57 Å². The molecule has 0 radical (unpaired) electrons. The van der Waals surface area contributed by atoms with Crippen LogP contribution in [0.4, 0.5) is 0 Å². The Morgan fingerprint density at radius 1 is 1.17 bits per heavy atom. The first kappa shape index (κ1) is 19.2. The summed E-state index contributed by atoms with van der Waals surface area (Å²) in [5.41, 5.74) is 3.89. The smallest absolute Gasteiger partial charge is 0.115 e. The molecule has 0 heterocycles. The van der Waals surface area contributed by atoms with Crippen molar-refractivity contribution in [2.75, 3.05) is 6.61 Å².